The van der Waals surface area contributed by atoms with Gasteiger partial charge in [-0.05, 0) is 18.1 Å². The van der Waals surface area contributed by atoms with E-state index in [-0.39, 0.29) is 34.3 Å². The summed E-state index contributed by atoms with van der Waals surface area (Å²) >= 11 is 6.46. The molecule has 162 valence electrons. The van der Waals surface area contributed by atoms with E-state index in [1.165, 1.54) is 26.4 Å². The number of benzene rings is 2. The van der Waals surface area contributed by atoms with E-state index < -0.39 is 33.9 Å². The summed E-state index contributed by atoms with van der Waals surface area (Å²) in [5.74, 6) is -0.842. The Balaban J connectivity index is 1.95. The number of hydrogen-bond donors (Lipinski definition) is 0. The lowest BCUT2D eigenvalue weighted by atomic mass is 9.71. The molecule has 2 aliphatic rings. The number of Topliss-reactive ketones (excluding diaryl/α,β-unsaturated/α-hetero) is 1. The van der Waals surface area contributed by atoms with Crippen LogP contribution in [-0.4, -0.2) is 41.3 Å². The van der Waals surface area contributed by atoms with Crippen molar-refractivity contribution in [1.82, 2.24) is 0 Å². The summed E-state index contributed by atoms with van der Waals surface area (Å²) in [4.78, 5) is 27.8. The van der Waals surface area contributed by atoms with E-state index in [2.05, 4.69) is 0 Å². The van der Waals surface area contributed by atoms with Crippen LogP contribution in [0.4, 0.5) is 0 Å². The molecule has 4 rings (SSSR count). The first-order valence-electron chi connectivity index (χ1n) is 9.75. The molecule has 0 aromatic heterocycles. The molecule has 0 fully saturated rings. The monoisotopic (exact) mass is 460 g/mol. The highest BCUT2D eigenvalue weighted by atomic mass is 35.5. The van der Waals surface area contributed by atoms with Crippen LogP contribution in [0.5, 0.6) is 17.2 Å². The summed E-state index contributed by atoms with van der Waals surface area (Å²) in [6, 6.07) is 10.7. The lowest BCUT2D eigenvalue weighted by Crippen LogP contribution is -2.54. The summed E-state index contributed by atoms with van der Waals surface area (Å²) in [6.45, 7) is 1.79. The Morgan fingerprint density at radius 2 is 1.84 bits per heavy atom. The summed E-state index contributed by atoms with van der Waals surface area (Å²) in [5, 5.41) is 0.0926. The van der Waals surface area contributed by atoms with Crippen molar-refractivity contribution in [2.24, 2.45) is 0 Å². The quantitative estimate of drug-likeness (QED) is 0.625. The second-order valence-corrected chi connectivity index (χ2v) is 9.41. The minimum atomic E-state index is -1.85. The summed E-state index contributed by atoms with van der Waals surface area (Å²) < 4.78 is 29.4. The van der Waals surface area contributed by atoms with Gasteiger partial charge in [-0.25, -0.2) is 0 Å². The molecule has 2 aromatic rings. The van der Waals surface area contributed by atoms with E-state index in [1.54, 1.807) is 6.92 Å². The fraction of sp³-hybridized carbons (Fsp3) is 0.304. The lowest BCUT2D eigenvalue weighted by Gasteiger charge is -2.37. The first kappa shape index (κ1) is 21.6. The zero-order chi connectivity index (χ0) is 22.3. The molecule has 0 radical (unpaired) electrons. The summed E-state index contributed by atoms with van der Waals surface area (Å²) in [6.07, 6.45) is 1.54. The number of ketones is 2. The molecular formula is C23H21ClO6S. The number of carbonyl (C=O) groups excluding carboxylic acids is 2. The van der Waals surface area contributed by atoms with Crippen molar-refractivity contribution in [1.29, 1.82) is 0 Å². The molecule has 3 atom stereocenters. The van der Waals surface area contributed by atoms with Gasteiger partial charge in [0.2, 0.25) is 17.2 Å². The maximum Gasteiger partial charge on any atom is 0.240 e. The minimum Gasteiger partial charge on any atom is -0.496 e. The van der Waals surface area contributed by atoms with Crippen LogP contribution >= 0.6 is 11.6 Å². The van der Waals surface area contributed by atoms with Gasteiger partial charge in [-0.3, -0.25) is 13.8 Å². The molecule has 1 aliphatic heterocycles. The molecule has 1 unspecified atom stereocenters. The number of ether oxygens (including phenoxy) is 3. The van der Waals surface area contributed by atoms with Crippen LogP contribution in [0.25, 0.3) is 0 Å². The molecular weight excluding hydrogens is 440 g/mol. The van der Waals surface area contributed by atoms with Crippen molar-refractivity contribution >= 4 is 34.0 Å². The van der Waals surface area contributed by atoms with Gasteiger partial charge in [-0.1, -0.05) is 48.9 Å². The van der Waals surface area contributed by atoms with Crippen molar-refractivity contribution in [2.75, 3.05) is 20.0 Å². The van der Waals surface area contributed by atoms with Gasteiger partial charge < -0.3 is 14.2 Å². The third-order valence-electron chi connectivity index (χ3n) is 5.73. The fourth-order valence-electron chi connectivity index (χ4n) is 4.20. The average Bonchev–Trinajstić information content (AvgIpc) is 3.10. The number of fused-ring (bicyclic) bond motifs is 1. The number of hydrogen-bond acceptors (Lipinski definition) is 6. The highest BCUT2D eigenvalue weighted by molar-refractivity contribution is 7.89. The third-order valence-corrected chi connectivity index (χ3v) is 7.48. The van der Waals surface area contributed by atoms with E-state index in [0.717, 1.165) is 5.56 Å². The van der Waals surface area contributed by atoms with Gasteiger partial charge in [0.25, 0.3) is 0 Å². The van der Waals surface area contributed by atoms with Crippen molar-refractivity contribution in [2.45, 2.75) is 24.9 Å². The van der Waals surface area contributed by atoms with E-state index in [1.807, 2.05) is 30.3 Å². The van der Waals surface area contributed by atoms with Crippen LogP contribution in [0.2, 0.25) is 5.02 Å². The first-order chi connectivity index (χ1) is 14.9. The maximum atomic E-state index is 13.8. The molecule has 1 aliphatic carbocycles. The van der Waals surface area contributed by atoms with Gasteiger partial charge in [-0.2, -0.15) is 0 Å². The van der Waals surface area contributed by atoms with Crippen LogP contribution < -0.4 is 14.2 Å². The zero-order valence-electron chi connectivity index (χ0n) is 17.3. The van der Waals surface area contributed by atoms with Gasteiger partial charge in [0.05, 0.1) is 14.2 Å². The molecule has 6 nitrogen and oxygen atoms in total. The number of methoxy groups -OCH3 is 2. The lowest BCUT2D eigenvalue weighted by molar-refractivity contribution is -0.127. The number of halogens is 1. The van der Waals surface area contributed by atoms with Crippen LogP contribution in [0.15, 0.2) is 47.4 Å². The highest BCUT2D eigenvalue weighted by Crippen LogP contribution is 2.55. The molecule has 0 bridgehead atoms. The average molecular weight is 461 g/mol. The largest absolute Gasteiger partial charge is 0.496 e. The molecule has 0 saturated carbocycles. The Morgan fingerprint density at radius 3 is 2.45 bits per heavy atom. The SMILES string of the molecule is CCS(=O)C1=CC(=O)[C@]2(Oc3c(Cl)c(OC)cc(OC)c3C2=O)[C@H](c2ccccc2)C1. The van der Waals surface area contributed by atoms with E-state index >= 15 is 0 Å². The molecule has 31 heavy (non-hydrogen) atoms. The Morgan fingerprint density at radius 1 is 1.16 bits per heavy atom. The molecule has 0 amide bonds. The number of rotatable bonds is 5. The normalized spacial score (nSPS) is 23.2. The van der Waals surface area contributed by atoms with Gasteiger partial charge in [0.1, 0.15) is 22.1 Å². The third kappa shape index (κ3) is 3.18. The molecule has 1 heterocycles. The van der Waals surface area contributed by atoms with Crippen LogP contribution in [0, 0.1) is 0 Å². The van der Waals surface area contributed by atoms with Gasteiger partial charge in [0, 0.05) is 33.4 Å². The zero-order valence-corrected chi connectivity index (χ0v) is 18.8. The smallest absolute Gasteiger partial charge is 0.240 e. The van der Waals surface area contributed by atoms with Gasteiger partial charge >= 0.3 is 0 Å². The number of allylic oxidation sites excluding steroid dienone is 1. The Labute approximate surface area is 187 Å². The van der Waals surface area contributed by atoms with Gasteiger partial charge in [-0.15, -0.1) is 0 Å². The molecule has 1 spiro atoms. The second kappa shape index (κ2) is 8.13. The Kier molecular flexibility index (Phi) is 5.66. The van der Waals surface area contributed by atoms with E-state index in [0.29, 0.717) is 10.7 Å². The summed E-state index contributed by atoms with van der Waals surface area (Å²) in [7, 11) is 1.54. The van der Waals surface area contributed by atoms with E-state index in [4.69, 9.17) is 25.8 Å². The fourth-order valence-corrected chi connectivity index (χ4v) is 5.43. The Hall–Kier alpha value is -2.64. The molecule has 8 heteroatoms. The van der Waals surface area contributed by atoms with Crippen molar-refractivity contribution in [3.05, 3.63) is 63.5 Å². The topological polar surface area (TPSA) is 78.9 Å². The van der Waals surface area contributed by atoms with Crippen LogP contribution in [0.3, 0.4) is 0 Å². The predicted octanol–water partition coefficient (Wildman–Crippen LogP) is 4.08. The van der Waals surface area contributed by atoms with Crippen molar-refractivity contribution in [3.63, 3.8) is 0 Å². The second-order valence-electron chi connectivity index (χ2n) is 7.24. The Bertz CT molecular complexity index is 1130. The highest BCUT2D eigenvalue weighted by Gasteiger charge is 2.62. The van der Waals surface area contributed by atoms with Crippen LogP contribution in [-0.2, 0) is 15.6 Å². The molecule has 0 N–H and O–H groups in total. The minimum absolute atomic E-state index is 0.0608. The van der Waals surface area contributed by atoms with Crippen molar-refractivity contribution < 1.29 is 28.0 Å². The maximum absolute atomic E-state index is 13.8. The van der Waals surface area contributed by atoms with Crippen LogP contribution in [0.1, 0.15) is 35.2 Å². The van der Waals surface area contributed by atoms with Gasteiger partial charge in [0.15, 0.2) is 5.75 Å². The van der Waals surface area contributed by atoms with Crippen molar-refractivity contribution in [3.8, 4) is 17.2 Å². The standard InChI is InChI=1S/C23H21ClO6S/c1-4-31(27)14-10-15(13-8-6-5-7-9-13)23(18(25)11-14)22(26)19-16(28-2)12-17(29-3)20(24)21(19)30-23/h5-9,11-12,15H,4,10H2,1-3H3/t15-,23+,31?/m0/s1. The number of carbonyl (C=O) groups is 2. The summed E-state index contributed by atoms with van der Waals surface area (Å²) in [5.41, 5.74) is -1.01. The molecule has 0 saturated heterocycles. The van der Waals surface area contributed by atoms with E-state index in [9.17, 15) is 13.8 Å². The predicted molar refractivity (Wildman–Crippen MR) is 118 cm³/mol. The first-order valence-corrected chi connectivity index (χ1v) is 11.4. The molecule has 2 aromatic carbocycles.